The smallest absolute Gasteiger partial charge is 0.294 e. The van der Waals surface area contributed by atoms with E-state index in [9.17, 15) is 9.59 Å². The third-order valence-corrected chi connectivity index (χ3v) is 6.87. The summed E-state index contributed by atoms with van der Waals surface area (Å²) in [6, 6.07) is 25.2. The van der Waals surface area contributed by atoms with Crippen LogP contribution in [0.3, 0.4) is 0 Å². The van der Waals surface area contributed by atoms with Gasteiger partial charge in [-0.2, -0.15) is 0 Å². The van der Waals surface area contributed by atoms with Gasteiger partial charge in [-0.25, -0.2) is 0 Å². The van der Waals surface area contributed by atoms with Gasteiger partial charge in [-0.3, -0.25) is 14.5 Å². The Kier molecular flexibility index (Phi) is 7.03. The summed E-state index contributed by atoms with van der Waals surface area (Å²) >= 11 is 0. The maximum absolute atomic E-state index is 13.4. The summed E-state index contributed by atoms with van der Waals surface area (Å²) in [5.74, 6) is 1.69. The Hall–Kier alpha value is -4.06. The minimum absolute atomic E-state index is 0.0114. The second-order valence-corrected chi connectivity index (χ2v) is 9.26. The quantitative estimate of drug-likeness (QED) is 0.467. The topological polar surface area (TPSA) is 59.1 Å². The number of benzene rings is 3. The maximum atomic E-state index is 13.4. The number of piperidine rings is 1. The number of para-hydroxylation sites is 2. The van der Waals surface area contributed by atoms with Gasteiger partial charge in [0.2, 0.25) is 5.91 Å². The van der Waals surface area contributed by atoms with Crippen molar-refractivity contribution in [2.45, 2.75) is 19.3 Å². The van der Waals surface area contributed by atoms with E-state index in [2.05, 4.69) is 24.3 Å². The second kappa shape index (κ2) is 10.7. The van der Waals surface area contributed by atoms with Gasteiger partial charge in [0.05, 0.1) is 12.8 Å². The lowest BCUT2D eigenvalue weighted by Gasteiger charge is -2.35. The first-order chi connectivity index (χ1) is 17.6. The van der Waals surface area contributed by atoms with Crippen LogP contribution in [0.15, 0.2) is 84.6 Å². The number of carbonyl (C=O) groups excluding carboxylic acids is 2. The van der Waals surface area contributed by atoms with Crippen LogP contribution in [-0.4, -0.2) is 43.5 Å². The van der Waals surface area contributed by atoms with Gasteiger partial charge in [0.15, 0.2) is 11.5 Å². The molecule has 2 heterocycles. The third kappa shape index (κ3) is 5.28. The molecule has 0 N–H and O–H groups in total. The van der Waals surface area contributed by atoms with Gasteiger partial charge in [-0.15, -0.1) is 0 Å². The molecule has 3 aromatic carbocycles. The Morgan fingerprint density at radius 2 is 1.67 bits per heavy atom. The van der Waals surface area contributed by atoms with E-state index >= 15 is 0 Å². The highest BCUT2D eigenvalue weighted by Crippen LogP contribution is 2.36. The van der Waals surface area contributed by atoms with Gasteiger partial charge in [0, 0.05) is 13.1 Å². The van der Waals surface area contributed by atoms with Crippen LogP contribution in [0, 0.1) is 5.92 Å². The van der Waals surface area contributed by atoms with Crippen LogP contribution in [0.2, 0.25) is 0 Å². The summed E-state index contributed by atoms with van der Waals surface area (Å²) in [5.41, 5.74) is 2.76. The molecule has 0 aliphatic carbocycles. The summed E-state index contributed by atoms with van der Waals surface area (Å²) in [6.45, 7) is 1.42. The molecule has 0 aromatic heterocycles. The molecule has 0 saturated carbocycles. The van der Waals surface area contributed by atoms with Crippen molar-refractivity contribution in [1.82, 2.24) is 4.90 Å². The fraction of sp³-hybridized carbons (Fsp3) is 0.267. The zero-order chi connectivity index (χ0) is 24.9. The van der Waals surface area contributed by atoms with E-state index in [0.29, 0.717) is 30.4 Å². The molecule has 2 amide bonds. The summed E-state index contributed by atoms with van der Waals surface area (Å²) in [6.07, 6.45) is 4.68. The number of nitrogens with zero attached hydrogens (tertiary/aromatic N) is 2. The fourth-order valence-corrected chi connectivity index (χ4v) is 4.84. The molecule has 6 heteroatoms. The Morgan fingerprint density at radius 3 is 2.39 bits per heavy atom. The number of anilines is 1. The third-order valence-electron chi connectivity index (χ3n) is 6.87. The van der Waals surface area contributed by atoms with E-state index in [0.717, 1.165) is 30.6 Å². The second-order valence-electron chi connectivity index (χ2n) is 9.26. The molecule has 1 saturated heterocycles. The monoisotopic (exact) mass is 482 g/mol. The molecule has 2 aliphatic heterocycles. The van der Waals surface area contributed by atoms with Crippen molar-refractivity contribution in [1.29, 1.82) is 0 Å². The van der Waals surface area contributed by atoms with Crippen molar-refractivity contribution in [2.24, 2.45) is 5.92 Å². The molecule has 2 aliphatic rings. The van der Waals surface area contributed by atoms with E-state index in [4.69, 9.17) is 9.47 Å². The van der Waals surface area contributed by atoms with E-state index in [1.165, 1.54) is 10.5 Å². The lowest BCUT2D eigenvalue weighted by molar-refractivity contribution is -0.132. The predicted molar refractivity (Wildman–Crippen MR) is 140 cm³/mol. The summed E-state index contributed by atoms with van der Waals surface area (Å²) in [4.78, 5) is 30.1. The molecule has 0 spiro atoms. The number of carbonyl (C=O) groups is 2. The Bertz CT molecular complexity index is 1250. The van der Waals surface area contributed by atoms with Crippen LogP contribution >= 0.6 is 0 Å². The number of hydrogen-bond acceptors (Lipinski definition) is 4. The van der Waals surface area contributed by atoms with Crippen molar-refractivity contribution >= 4 is 23.6 Å². The average molecular weight is 483 g/mol. The molecule has 0 bridgehead atoms. The molecule has 184 valence electrons. The Labute approximate surface area is 211 Å². The standard InChI is InChI=1S/C30H30N2O4/c1-35-25-13-11-23(12-14-25)20-28-30(34)32(26-9-5-6-10-27(26)36-28)21-29(33)31-17-15-24(16-18-31)19-22-7-3-2-4-8-22/h2-14,20,24H,15-19,21H2,1H3. The number of methoxy groups -OCH3 is 1. The SMILES string of the molecule is COc1ccc(C=C2Oc3ccccc3N(CC(=O)N3CCC(Cc4ccccc4)CC3)C2=O)cc1. The Balaban J connectivity index is 1.28. The van der Waals surface area contributed by atoms with Crippen molar-refractivity contribution in [2.75, 3.05) is 31.6 Å². The van der Waals surface area contributed by atoms with Crippen LogP contribution in [0.25, 0.3) is 6.08 Å². The lowest BCUT2D eigenvalue weighted by atomic mass is 9.90. The van der Waals surface area contributed by atoms with Gasteiger partial charge < -0.3 is 14.4 Å². The zero-order valence-corrected chi connectivity index (χ0v) is 20.4. The molecule has 5 rings (SSSR count). The first-order valence-electron chi connectivity index (χ1n) is 12.4. The molecular formula is C30H30N2O4. The molecule has 3 aromatic rings. The van der Waals surface area contributed by atoms with Gasteiger partial charge in [0.1, 0.15) is 12.3 Å². The number of hydrogen-bond donors (Lipinski definition) is 0. The largest absolute Gasteiger partial charge is 0.497 e. The van der Waals surface area contributed by atoms with E-state index < -0.39 is 0 Å². The van der Waals surface area contributed by atoms with Gasteiger partial charge >= 0.3 is 0 Å². The molecule has 0 atom stereocenters. The first-order valence-corrected chi connectivity index (χ1v) is 12.4. The van der Waals surface area contributed by atoms with Crippen LogP contribution < -0.4 is 14.4 Å². The Morgan fingerprint density at radius 1 is 0.972 bits per heavy atom. The normalized spacial score (nSPS) is 17.0. The molecular weight excluding hydrogens is 452 g/mol. The number of ether oxygens (including phenoxy) is 2. The van der Waals surface area contributed by atoms with Crippen LogP contribution in [0.5, 0.6) is 11.5 Å². The van der Waals surface area contributed by atoms with Gasteiger partial charge in [0.25, 0.3) is 5.91 Å². The van der Waals surface area contributed by atoms with Gasteiger partial charge in [-0.05, 0) is 66.6 Å². The minimum atomic E-state index is -0.322. The molecule has 0 radical (unpaired) electrons. The van der Waals surface area contributed by atoms with Crippen LogP contribution in [-0.2, 0) is 16.0 Å². The summed E-state index contributed by atoms with van der Waals surface area (Å²) in [7, 11) is 1.61. The van der Waals surface area contributed by atoms with Crippen molar-refractivity contribution < 1.29 is 19.1 Å². The van der Waals surface area contributed by atoms with Crippen LogP contribution in [0.1, 0.15) is 24.0 Å². The molecule has 1 fully saturated rings. The number of rotatable bonds is 6. The maximum Gasteiger partial charge on any atom is 0.294 e. The predicted octanol–water partition coefficient (Wildman–Crippen LogP) is 4.94. The zero-order valence-electron chi connectivity index (χ0n) is 20.4. The van der Waals surface area contributed by atoms with Crippen LogP contribution in [0.4, 0.5) is 5.69 Å². The lowest BCUT2D eigenvalue weighted by Crippen LogP contribution is -2.47. The highest BCUT2D eigenvalue weighted by molar-refractivity contribution is 6.12. The van der Waals surface area contributed by atoms with Gasteiger partial charge in [-0.1, -0.05) is 54.6 Å². The first kappa shape index (κ1) is 23.7. The van der Waals surface area contributed by atoms with Crippen molar-refractivity contribution in [3.8, 4) is 11.5 Å². The minimum Gasteiger partial charge on any atom is -0.497 e. The summed E-state index contributed by atoms with van der Waals surface area (Å²) in [5, 5.41) is 0. The van der Waals surface area contributed by atoms with Crippen molar-refractivity contribution in [3.63, 3.8) is 0 Å². The fourth-order valence-electron chi connectivity index (χ4n) is 4.84. The number of likely N-dealkylation sites (tertiary alicyclic amines) is 1. The highest BCUT2D eigenvalue weighted by atomic mass is 16.5. The molecule has 36 heavy (non-hydrogen) atoms. The van der Waals surface area contributed by atoms with E-state index in [1.807, 2.05) is 59.5 Å². The highest BCUT2D eigenvalue weighted by Gasteiger charge is 2.33. The number of amides is 2. The average Bonchev–Trinajstić information content (AvgIpc) is 2.92. The van der Waals surface area contributed by atoms with E-state index in [-0.39, 0.29) is 24.1 Å². The molecule has 6 nitrogen and oxygen atoms in total. The van der Waals surface area contributed by atoms with E-state index in [1.54, 1.807) is 13.2 Å². The number of fused-ring (bicyclic) bond motifs is 1. The molecule has 0 unspecified atom stereocenters. The van der Waals surface area contributed by atoms with Crippen molar-refractivity contribution in [3.05, 3.63) is 95.7 Å². The summed E-state index contributed by atoms with van der Waals surface area (Å²) < 4.78 is 11.2.